The van der Waals surface area contributed by atoms with Gasteiger partial charge >= 0.3 is 0 Å². The molecule has 0 fully saturated rings. The lowest BCUT2D eigenvalue weighted by molar-refractivity contribution is -0.119. The number of anilines is 1. The molecule has 0 aromatic heterocycles. The van der Waals surface area contributed by atoms with Gasteiger partial charge in [0.2, 0.25) is 11.8 Å². The molecule has 2 rings (SSSR count). The third-order valence-corrected chi connectivity index (χ3v) is 4.14. The molecule has 0 spiro atoms. The van der Waals surface area contributed by atoms with Crippen molar-refractivity contribution in [3.8, 4) is 0 Å². The number of Topliss-reactive ketones (excluding diaryl/α,β-unsaturated/α-hetero) is 1. The lowest BCUT2D eigenvalue weighted by Gasteiger charge is -2.29. The zero-order valence-electron chi connectivity index (χ0n) is 11.2. The van der Waals surface area contributed by atoms with E-state index in [9.17, 15) is 14.4 Å². The molecule has 0 saturated carbocycles. The largest absolute Gasteiger partial charge is 0.370 e. The van der Waals surface area contributed by atoms with Crippen LogP contribution in [0.2, 0.25) is 0 Å². The summed E-state index contributed by atoms with van der Waals surface area (Å²) in [5, 5.41) is 0. The average Bonchev–Trinajstić information content (AvgIpc) is 2.40. The van der Waals surface area contributed by atoms with Crippen LogP contribution in [0, 0.1) is 0 Å². The first-order valence-electron chi connectivity index (χ1n) is 6.35. The minimum Gasteiger partial charge on any atom is -0.370 e. The third-order valence-electron chi connectivity index (χ3n) is 3.11. The van der Waals surface area contributed by atoms with E-state index in [4.69, 9.17) is 5.73 Å². The molecule has 0 saturated heterocycles. The Kier molecular flexibility index (Phi) is 4.44. The first-order valence-corrected chi connectivity index (χ1v) is 7.34. The summed E-state index contributed by atoms with van der Waals surface area (Å²) in [6, 6.07) is 5.33. The van der Waals surface area contributed by atoms with Crippen LogP contribution in [0.25, 0.3) is 0 Å². The van der Waals surface area contributed by atoms with Gasteiger partial charge in [0.25, 0.3) is 0 Å². The van der Waals surface area contributed by atoms with E-state index in [0.29, 0.717) is 24.3 Å². The Hall–Kier alpha value is -1.82. The summed E-state index contributed by atoms with van der Waals surface area (Å²) >= 11 is 1.44. The number of thioether (sulfide) groups is 1. The number of nitrogens with two attached hydrogens (primary N) is 1. The number of benzene rings is 1. The van der Waals surface area contributed by atoms with Crippen LogP contribution in [0.5, 0.6) is 0 Å². The molecule has 5 nitrogen and oxygen atoms in total. The summed E-state index contributed by atoms with van der Waals surface area (Å²) in [5.41, 5.74) is 6.55. The van der Waals surface area contributed by atoms with E-state index in [1.54, 1.807) is 17.0 Å². The van der Waals surface area contributed by atoms with Gasteiger partial charge in [-0.05, 0) is 31.5 Å². The van der Waals surface area contributed by atoms with E-state index < -0.39 is 0 Å². The summed E-state index contributed by atoms with van der Waals surface area (Å²) in [5.74, 6) is 0.00869. The van der Waals surface area contributed by atoms with Gasteiger partial charge in [0, 0.05) is 23.4 Å². The van der Waals surface area contributed by atoms with Gasteiger partial charge in [-0.15, -0.1) is 11.8 Å². The molecule has 0 bridgehead atoms. The molecule has 1 aromatic carbocycles. The number of hydrogen-bond acceptors (Lipinski definition) is 4. The first kappa shape index (κ1) is 14.6. The summed E-state index contributed by atoms with van der Waals surface area (Å²) in [6.45, 7) is 1.99. The minimum absolute atomic E-state index is 0.00517. The molecule has 1 aliphatic rings. The summed E-state index contributed by atoms with van der Waals surface area (Å²) in [4.78, 5) is 36.7. The van der Waals surface area contributed by atoms with E-state index >= 15 is 0 Å². The van der Waals surface area contributed by atoms with Gasteiger partial charge in [0.1, 0.15) is 0 Å². The van der Waals surface area contributed by atoms with Crippen molar-refractivity contribution in [2.75, 3.05) is 17.2 Å². The molecule has 1 heterocycles. The number of carbonyl (C=O) groups is 3. The van der Waals surface area contributed by atoms with Crippen molar-refractivity contribution in [3.05, 3.63) is 23.8 Å². The summed E-state index contributed by atoms with van der Waals surface area (Å²) < 4.78 is 0. The maximum atomic E-state index is 12.0. The quantitative estimate of drug-likeness (QED) is 0.836. The first-order chi connectivity index (χ1) is 9.49. The molecule has 1 aliphatic heterocycles. The Labute approximate surface area is 121 Å². The van der Waals surface area contributed by atoms with Crippen LogP contribution in [-0.4, -0.2) is 29.9 Å². The monoisotopic (exact) mass is 292 g/mol. The summed E-state index contributed by atoms with van der Waals surface area (Å²) in [7, 11) is 0. The number of hydrogen-bond donors (Lipinski definition) is 1. The number of ketones is 1. The van der Waals surface area contributed by atoms with Crippen LogP contribution in [0.15, 0.2) is 23.1 Å². The molecule has 106 valence electrons. The fourth-order valence-electron chi connectivity index (χ4n) is 2.08. The highest BCUT2D eigenvalue weighted by atomic mass is 32.2. The second kappa shape index (κ2) is 6.09. The number of fused-ring (bicyclic) bond motifs is 1. The molecule has 20 heavy (non-hydrogen) atoms. The molecule has 1 aromatic rings. The molecule has 2 N–H and O–H groups in total. The van der Waals surface area contributed by atoms with Crippen LogP contribution >= 0.6 is 11.8 Å². The van der Waals surface area contributed by atoms with Crippen LogP contribution in [0.4, 0.5) is 5.69 Å². The van der Waals surface area contributed by atoms with Gasteiger partial charge in [-0.2, -0.15) is 0 Å². The predicted molar refractivity (Wildman–Crippen MR) is 78.0 cm³/mol. The molecular weight excluding hydrogens is 276 g/mol. The number of carbonyl (C=O) groups excluding carboxylic acids is 3. The van der Waals surface area contributed by atoms with E-state index in [2.05, 4.69) is 0 Å². The lowest BCUT2D eigenvalue weighted by atomic mass is 10.1. The van der Waals surface area contributed by atoms with Gasteiger partial charge in [0.05, 0.1) is 11.4 Å². The van der Waals surface area contributed by atoms with E-state index in [0.717, 1.165) is 10.6 Å². The lowest BCUT2D eigenvalue weighted by Crippen LogP contribution is -2.36. The van der Waals surface area contributed by atoms with Gasteiger partial charge in [0.15, 0.2) is 5.78 Å². The van der Waals surface area contributed by atoms with Crippen molar-refractivity contribution >= 4 is 35.0 Å². The summed E-state index contributed by atoms with van der Waals surface area (Å²) in [6.07, 6.45) is 0.803. The normalized spacial score (nSPS) is 14.1. The van der Waals surface area contributed by atoms with Crippen molar-refractivity contribution in [2.24, 2.45) is 5.73 Å². The van der Waals surface area contributed by atoms with Crippen molar-refractivity contribution in [3.63, 3.8) is 0 Å². The Morgan fingerprint density at radius 3 is 2.80 bits per heavy atom. The van der Waals surface area contributed by atoms with E-state index in [1.165, 1.54) is 18.7 Å². The minimum atomic E-state index is -0.365. The number of primary amides is 1. The smallest absolute Gasteiger partial charge is 0.237 e. The van der Waals surface area contributed by atoms with E-state index in [1.807, 2.05) is 6.07 Å². The Morgan fingerprint density at radius 2 is 2.15 bits per heavy atom. The highest BCUT2D eigenvalue weighted by Crippen LogP contribution is 2.36. The fourth-order valence-corrected chi connectivity index (χ4v) is 3.05. The van der Waals surface area contributed by atoms with Crippen LogP contribution < -0.4 is 10.6 Å². The Bertz CT molecular complexity index is 572. The number of rotatable bonds is 5. The maximum Gasteiger partial charge on any atom is 0.237 e. The zero-order valence-corrected chi connectivity index (χ0v) is 12.0. The van der Waals surface area contributed by atoms with Gasteiger partial charge in [-0.25, -0.2) is 0 Å². The van der Waals surface area contributed by atoms with Crippen molar-refractivity contribution < 1.29 is 14.4 Å². The molecule has 0 atom stereocenters. The van der Waals surface area contributed by atoms with Crippen LogP contribution in [0.3, 0.4) is 0 Å². The second-order valence-corrected chi connectivity index (χ2v) is 5.66. The standard InChI is InChI=1S/C14H16N2O3S/c1-9(17)10-4-5-11-12(7-10)20-8-14(19)16(11)6-2-3-13(15)18/h4-5,7H,2-3,6,8H2,1H3,(H2,15,18). The topological polar surface area (TPSA) is 80.5 Å². The molecule has 2 amide bonds. The predicted octanol–water partition coefficient (Wildman–Crippen LogP) is 1.59. The van der Waals surface area contributed by atoms with Gasteiger partial charge in [-0.3, -0.25) is 14.4 Å². The molecule has 0 unspecified atom stereocenters. The van der Waals surface area contributed by atoms with E-state index in [-0.39, 0.29) is 24.0 Å². The molecule has 6 heteroatoms. The second-order valence-electron chi connectivity index (χ2n) is 4.64. The Morgan fingerprint density at radius 1 is 1.40 bits per heavy atom. The van der Waals surface area contributed by atoms with Crippen molar-refractivity contribution in [1.29, 1.82) is 0 Å². The average molecular weight is 292 g/mol. The maximum absolute atomic E-state index is 12.0. The molecule has 0 radical (unpaired) electrons. The van der Waals surface area contributed by atoms with Crippen LogP contribution in [0.1, 0.15) is 30.1 Å². The number of amides is 2. The Balaban J connectivity index is 2.20. The molecule has 0 aliphatic carbocycles. The van der Waals surface area contributed by atoms with Gasteiger partial charge in [-0.1, -0.05) is 0 Å². The third kappa shape index (κ3) is 3.19. The fraction of sp³-hybridized carbons (Fsp3) is 0.357. The van der Waals surface area contributed by atoms with Crippen LogP contribution in [-0.2, 0) is 9.59 Å². The van der Waals surface area contributed by atoms with Crippen molar-refractivity contribution in [1.82, 2.24) is 0 Å². The zero-order chi connectivity index (χ0) is 14.7. The highest BCUT2D eigenvalue weighted by molar-refractivity contribution is 8.00. The number of nitrogens with zero attached hydrogens (tertiary/aromatic N) is 1. The molecular formula is C14H16N2O3S. The SMILES string of the molecule is CC(=O)c1ccc2c(c1)SCC(=O)N2CCCC(N)=O. The van der Waals surface area contributed by atoms with Crippen molar-refractivity contribution in [2.45, 2.75) is 24.7 Å². The van der Waals surface area contributed by atoms with Gasteiger partial charge < -0.3 is 10.6 Å². The highest BCUT2D eigenvalue weighted by Gasteiger charge is 2.24.